The lowest BCUT2D eigenvalue weighted by atomic mass is 9.55. The van der Waals surface area contributed by atoms with Crippen LogP contribution in [0.2, 0.25) is 0 Å². The third kappa shape index (κ3) is 2.77. The summed E-state index contributed by atoms with van der Waals surface area (Å²) in [6.07, 6.45) is 11.7. The summed E-state index contributed by atoms with van der Waals surface area (Å²) < 4.78 is 6.01. The summed E-state index contributed by atoms with van der Waals surface area (Å²) in [5.74, 6) is 0.691. The van der Waals surface area contributed by atoms with Gasteiger partial charge in [0.2, 0.25) is 0 Å². The van der Waals surface area contributed by atoms with Gasteiger partial charge in [-0.15, -0.1) is 0 Å². The van der Waals surface area contributed by atoms with E-state index in [1.54, 1.807) is 0 Å². The zero-order chi connectivity index (χ0) is 14.0. The standard InChI is InChI=1S/C17H31NO2/c1-2-20-16-11-15(17(16)8-4-3-5-9-17)18-12-13-6-7-14(19)10-13/h13-16,18-19H,2-12H2,1H3. The Hall–Kier alpha value is -0.120. The van der Waals surface area contributed by atoms with Crippen molar-refractivity contribution in [3.8, 4) is 0 Å². The first-order chi connectivity index (χ1) is 9.74. The Bertz CT molecular complexity index is 314. The van der Waals surface area contributed by atoms with Crippen molar-refractivity contribution < 1.29 is 9.84 Å². The molecule has 116 valence electrons. The van der Waals surface area contributed by atoms with Crippen LogP contribution >= 0.6 is 0 Å². The Morgan fingerprint density at radius 1 is 1.15 bits per heavy atom. The highest BCUT2D eigenvalue weighted by atomic mass is 16.5. The molecular weight excluding hydrogens is 250 g/mol. The minimum Gasteiger partial charge on any atom is -0.393 e. The molecule has 0 aromatic carbocycles. The molecule has 3 aliphatic rings. The maximum absolute atomic E-state index is 9.64. The lowest BCUT2D eigenvalue weighted by Gasteiger charge is -2.58. The number of aliphatic hydroxyl groups excluding tert-OH is 1. The second-order valence-corrected chi connectivity index (χ2v) is 7.27. The predicted molar refractivity (Wildman–Crippen MR) is 80.7 cm³/mol. The van der Waals surface area contributed by atoms with E-state index in [1.165, 1.54) is 44.9 Å². The topological polar surface area (TPSA) is 41.5 Å². The van der Waals surface area contributed by atoms with Crippen LogP contribution in [0.15, 0.2) is 0 Å². The molecule has 0 bridgehead atoms. The van der Waals surface area contributed by atoms with E-state index in [0.29, 0.717) is 23.5 Å². The van der Waals surface area contributed by atoms with Crippen LogP contribution in [-0.4, -0.2) is 36.5 Å². The molecule has 0 aromatic rings. The molecule has 0 aromatic heterocycles. The van der Waals surface area contributed by atoms with E-state index in [4.69, 9.17) is 4.74 Å². The minimum absolute atomic E-state index is 0.0389. The van der Waals surface area contributed by atoms with Crippen molar-refractivity contribution in [3.05, 3.63) is 0 Å². The second kappa shape index (κ2) is 6.33. The van der Waals surface area contributed by atoms with Gasteiger partial charge in [0.15, 0.2) is 0 Å². The molecule has 0 aliphatic heterocycles. The average molecular weight is 281 g/mol. The molecule has 0 radical (unpaired) electrons. The minimum atomic E-state index is -0.0389. The van der Waals surface area contributed by atoms with E-state index in [-0.39, 0.29) is 6.10 Å². The summed E-state index contributed by atoms with van der Waals surface area (Å²) in [6, 6.07) is 0.664. The van der Waals surface area contributed by atoms with Crippen molar-refractivity contribution in [2.24, 2.45) is 11.3 Å². The highest BCUT2D eigenvalue weighted by Crippen LogP contribution is 2.53. The smallest absolute Gasteiger partial charge is 0.0661 e. The number of aliphatic hydroxyl groups is 1. The molecule has 0 amide bonds. The molecule has 3 heteroatoms. The Morgan fingerprint density at radius 3 is 2.60 bits per heavy atom. The lowest BCUT2D eigenvalue weighted by Crippen LogP contribution is -2.64. The first-order valence-corrected chi connectivity index (χ1v) is 8.77. The summed E-state index contributed by atoms with van der Waals surface area (Å²) in [4.78, 5) is 0. The van der Waals surface area contributed by atoms with E-state index in [9.17, 15) is 5.11 Å². The van der Waals surface area contributed by atoms with Crippen LogP contribution in [0.25, 0.3) is 0 Å². The van der Waals surface area contributed by atoms with E-state index in [2.05, 4.69) is 12.2 Å². The SMILES string of the molecule is CCOC1CC(NCC2CCC(O)C2)C12CCCCC2. The van der Waals surface area contributed by atoms with Crippen LogP contribution in [0.4, 0.5) is 0 Å². The molecule has 3 rings (SSSR count). The molecule has 4 atom stereocenters. The van der Waals surface area contributed by atoms with Gasteiger partial charge >= 0.3 is 0 Å². The Morgan fingerprint density at radius 2 is 1.95 bits per heavy atom. The van der Waals surface area contributed by atoms with E-state index >= 15 is 0 Å². The number of ether oxygens (including phenoxy) is 1. The predicted octanol–water partition coefficient (Wildman–Crippen LogP) is 2.86. The van der Waals surface area contributed by atoms with Crippen LogP contribution in [-0.2, 0) is 4.74 Å². The number of hydrogen-bond acceptors (Lipinski definition) is 3. The summed E-state index contributed by atoms with van der Waals surface area (Å²) in [7, 11) is 0. The van der Waals surface area contributed by atoms with Gasteiger partial charge in [0, 0.05) is 18.1 Å². The van der Waals surface area contributed by atoms with Gasteiger partial charge in [-0.1, -0.05) is 19.3 Å². The summed E-state index contributed by atoms with van der Waals surface area (Å²) in [5.41, 5.74) is 0.436. The van der Waals surface area contributed by atoms with Gasteiger partial charge in [-0.05, 0) is 57.9 Å². The van der Waals surface area contributed by atoms with Gasteiger partial charge in [0.05, 0.1) is 12.2 Å². The first-order valence-electron chi connectivity index (χ1n) is 8.77. The number of hydrogen-bond donors (Lipinski definition) is 2. The van der Waals surface area contributed by atoms with Crippen LogP contribution in [0, 0.1) is 11.3 Å². The Balaban J connectivity index is 1.53. The van der Waals surface area contributed by atoms with Crippen molar-refractivity contribution in [3.63, 3.8) is 0 Å². The van der Waals surface area contributed by atoms with E-state index in [1.807, 2.05) is 0 Å². The third-order valence-corrected chi connectivity index (χ3v) is 6.10. The van der Waals surface area contributed by atoms with Gasteiger partial charge < -0.3 is 15.2 Å². The van der Waals surface area contributed by atoms with Crippen LogP contribution in [0.3, 0.4) is 0 Å². The number of rotatable bonds is 5. The fraction of sp³-hybridized carbons (Fsp3) is 1.00. The van der Waals surface area contributed by atoms with Crippen molar-refractivity contribution in [2.45, 2.75) is 83.0 Å². The van der Waals surface area contributed by atoms with Gasteiger partial charge in [0.1, 0.15) is 0 Å². The molecule has 4 unspecified atom stereocenters. The van der Waals surface area contributed by atoms with Crippen LogP contribution in [0.1, 0.15) is 64.7 Å². The fourth-order valence-electron chi connectivity index (χ4n) is 4.89. The lowest BCUT2D eigenvalue weighted by molar-refractivity contribution is -0.150. The van der Waals surface area contributed by atoms with Crippen molar-refractivity contribution >= 4 is 0 Å². The van der Waals surface area contributed by atoms with Crippen LogP contribution < -0.4 is 5.32 Å². The molecular formula is C17H31NO2. The molecule has 0 heterocycles. The van der Waals surface area contributed by atoms with Crippen molar-refractivity contribution in [1.82, 2.24) is 5.32 Å². The Labute approximate surface area is 123 Å². The molecule has 2 N–H and O–H groups in total. The quantitative estimate of drug-likeness (QED) is 0.814. The summed E-state index contributed by atoms with van der Waals surface area (Å²) in [6.45, 7) is 4.08. The van der Waals surface area contributed by atoms with E-state index < -0.39 is 0 Å². The van der Waals surface area contributed by atoms with Gasteiger partial charge in [0.25, 0.3) is 0 Å². The van der Waals surface area contributed by atoms with Gasteiger partial charge in [-0.2, -0.15) is 0 Å². The summed E-state index contributed by atoms with van der Waals surface area (Å²) in [5, 5.41) is 13.5. The normalized spacial score (nSPS) is 39.9. The van der Waals surface area contributed by atoms with Crippen molar-refractivity contribution in [1.29, 1.82) is 0 Å². The molecule has 3 aliphatic carbocycles. The Kier molecular flexibility index (Phi) is 4.68. The largest absolute Gasteiger partial charge is 0.393 e. The van der Waals surface area contributed by atoms with E-state index in [0.717, 1.165) is 26.0 Å². The third-order valence-electron chi connectivity index (χ3n) is 6.10. The molecule has 3 nitrogen and oxygen atoms in total. The average Bonchev–Trinajstić information content (AvgIpc) is 2.88. The summed E-state index contributed by atoms with van der Waals surface area (Å²) >= 11 is 0. The van der Waals surface area contributed by atoms with Crippen LogP contribution in [0.5, 0.6) is 0 Å². The first kappa shape index (κ1) is 14.8. The monoisotopic (exact) mass is 281 g/mol. The fourth-order valence-corrected chi connectivity index (χ4v) is 4.89. The highest BCUT2D eigenvalue weighted by Gasteiger charge is 2.55. The maximum atomic E-state index is 9.64. The molecule has 1 spiro atoms. The number of nitrogens with one attached hydrogen (secondary N) is 1. The molecule has 0 saturated heterocycles. The second-order valence-electron chi connectivity index (χ2n) is 7.27. The van der Waals surface area contributed by atoms with Gasteiger partial charge in [-0.3, -0.25) is 0 Å². The molecule has 3 fully saturated rings. The zero-order valence-corrected chi connectivity index (χ0v) is 12.9. The molecule has 20 heavy (non-hydrogen) atoms. The highest BCUT2D eigenvalue weighted by molar-refractivity contribution is 5.09. The molecule has 3 saturated carbocycles. The zero-order valence-electron chi connectivity index (χ0n) is 12.9. The van der Waals surface area contributed by atoms with Crippen molar-refractivity contribution in [2.75, 3.05) is 13.2 Å². The maximum Gasteiger partial charge on any atom is 0.0661 e. The van der Waals surface area contributed by atoms with Gasteiger partial charge in [-0.25, -0.2) is 0 Å².